The monoisotopic (exact) mass is 303 g/mol. The van der Waals surface area contributed by atoms with Crippen LogP contribution in [0.15, 0.2) is 18.2 Å². The lowest BCUT2D eigenvalue weighted by molar-refractivity contribution is -0.139. The van der Waals surface area contributed by atoms with Crippen molar-refractivity contribution in [3.05, 3.63) is 29.3 Å². The van der Waals surface area contributed by atoms with Crippen LogP contribution in [0.1, 0.15) is 30.9 Å². The molecule has 6 heteroatoms. The highest BCUT2D eigenvalue weighted by molar-refractivity contribution is 5.39. The van der Waals surface area contributed by atoms with Gasteiger partial charge in [-0.2, -0.15) is 13.2 Å². The quantitative estimate of drug-likeness (QED) is 0.838. The van der Waals surface area contributed by atoms with Crippen molar-refractivity contribution < 1.29 is 22.6 Å². The van der Waals surface area contributed by atoms with Gasteiger partial charge in [0.15, 0.2) is 0 Å². The summed E-state index contributed by atoms with van der Waals surface area (Å²) in [5.74, 6) is -0.151. The molecule has 0 amide bonds. The Morgan fingerprint density at radius 3 is 2.62 bits per heavy atom. The summed E-state index contributed by atoms with van der Waals surface area (Å²) in [7, 11) is 1.49. The SMILES string of the molecule is COC(C)COc1ccc(CNC2CC2)cc1C(F)(F)F. The van der Waals surface area contributed by atoms with Gasteiger partial charge in [0.25, 0.3) is 0 Å². The number of methoxy groups -OCH3 is 1. The number of hydrogen-bond acceptors (Lipinski definition) is 3. The van der Waals surface area contributed by atoms with Crippen molar-refractivity contribution >= 4 is 0 Å². The van der Waals surface area contributed by atoms with E-state index >= 15 is 0 Å². The van der Waals surface area contributed by atoms with Gasteiger partial charge in [0, 0.05) is 19.7 Å². The molecule has 1 fully saturated rings. The summed E-state index contributed by atoms with van der Waals surface area (Å²) in [4.78, 5) is 0. The number of ether oxygens (including phenoxy) is 2. The molecule has 0 heterocycles. The zero-order valence-corrected chi connectivity index (χ0v) is 12.2. The van der Waals surface area contributed by atoms with Crippen molar-refractivity contribution in [2.45, 2.75) is 44.6 Å². The maximum Gasteiger partial charge on any atom is 0.419 e. The maximum absolute atomic E-state index is 13.1. The number of hydrogen-bond donors (Lipinski definition) is 1. The molecular formula is C15H20F3NO2. The van der Waals surface area contributed by atoms with Gasteiger partial charge in [-0.05, 0) is 37.5 Å². The summed E-state index contributed by atoms with van der Waals surface area (Å²) >= 11 is 0. The Labute approximate surface area is 122 Å². The van der Waals surface area contributed by atoms with Gasteiger partial charge in [-0.25, -0.2) is 0 Å². The molecule has 1 N–H and O–H groups in total. The van der Waals surface area contributed by atoms with Crippen LogP contribution in [0.2, 0.25) is 0 Å². The fraction of sp³-hybridized carbons (Fsp3) is 0.600. The first-order chi connectivity index (χ1) is 9.90. The van der Waals surface area contributed by atoms with Crippen molar-refractivity contribution in [2.24, 2.45) is 0 Å². The summed E-state index contributed by atoms with van der Waals surface area (Å²) in [5.41, 5.74) is -0.123. The molecule has 1 aliphatic carbocycles. The van der Waals surface area contributed by atoms with Gasteiger partial charge in [0.05, 0.1) is 11.7 Å². The standard InChI is InChI=1S/C15H20F3NO2/c1-10(20-2)9-21-14-6-3-11(8-19-12-4-5-12)7-13(14)15(16,17)18/h3,6-7,10,12,19H,4-5,8-9H2,1-2H3. The van der Waals surface area contributed by atoms with Crippen molar-refractivity contribution in [1.82, 2.24) is 5.32 Å². The van der Waals surface area contributed by atoms with Gasteiger partial charge >= 0.3 is 6.18 Å². The van der Waals surface area contributed by atoms with Crippen LogP contribution in [-0.2, 0) is 17.5 Å². The van der Waals surface area contributed by atoms with E-state index in [9.17, 15) is 13.2 Å². The average molecular weight is 303 g/mol. The molecule has 1 atom stereocenters. The van der Waals surface area contributed by atoms with Crippen LogP contribution >= 0.6 is 0 Å². The first kappa shape index (κ1) is 16.1. The molecule has 0 radical (unpaired) electrons. The van der Waals surface area contributed by atoms with Gasteiger partial charge in [-0.15, -0.1) is 0 Å². The van der Waals surface area contributed by atoms with E-state index in [1.165, 1.54) is 13.2 Å². The fourth-order valence-electron chi connectivity index (χ4n) is 1.86. The molecule has 0 spiro atoms. The molecule has 2 rings (SSSR count). The van der Waals surface area contributed by atoms with E-state index < -0.39 is 11.7 Å². The molecule has 21 heavy (non-hydrogen) atoms. The van der Waals surface area contributed by atoms with Crippen molar-refractivity contribution in [2.75, 3.05) is 13.7 Å². The van der Waals surface area contributed by atoms with Crippen molar-refractivity contribution in [3.8, 4) is 5.75 Å². The highest BCUT2D eigenvalue weighted by Crippen LogP contribution is 2.37. The lowest BCUT2D eigenvalue weighted by Gasteiger charge is -2.17. The summed E-state index contributed by atoms with van der Waals surface area (Å²) in [5, 5.41) is 3.20. The Hall–Kier alpha value is -1.27. The first-order valence-electron chi connectivity index (χ1n) is 6.99. The molecule has 0 aromatic heterocycles. The number of halogens is 3. The topological polar surface area (TPSA) is 30.5 Å². The molecule has 0 saturated heterocycles. The molecule has 0 bridgehead atoms. The molecular weight excluding hydrogens is 283 g/mol. The molecule has 118 valence electrons. The van der Waals surface area contributed by atoms with E-state index in [-0.39, 0.29) is 18.5 Å². The van der Waals surface area contributed by atoms with Crippen molar-refractivity contribution in [3.63, 3.8) is 0 Å². The highest BCUT2D eigenvalue weighted by Gasteiger charge is 2.35. The Balaban J connectivity index is 2.10. The minimum absolute atomic E-state index is 0.0826. The maximum atomic E-state index is 13.1. The lowest BCUT2D eigenvalue weighted by atomic mass is 10.1. The summed E-state index contributed by atoms with van der Waals surface area (Å²) in [6, 6.07) is 4.66. The van der Waals surface area contributed by atoms with Crippen LogP contribution in [0, 0.1) is 0 Å². The highest BCUT2D eigenvalue weighted by atomic mass is 19.4. The molecule has 1 aromatic carbocycles. The van der Waals surface area contributed by atoms with E-state index in [1.54, 1.807) is 13.0 Å². The van der Waals surface area contributed by atoms with E-state index in [1.807, 2.05) is 0 Å². The number of rotatable bonds is 7. The molecule has 1 aromatic rings. The van der Waals surface area contributed by atoms with E-state index in [0.717, 1.165) is 18.9 Å². The molecule has 1 saturated carbocycles. The van der Waals surface area contributed by atoms with Gasteiger partial charge < -0.3 is 14.8 Å². The fourth-order valence-corrected chi connectivity index (χ4v) is 1.86. The largest absolute Gasteiger partial charge is 0.490 e. The molecule has 1 aliphatic rings. The predicted molar refractivity (Wildman–Crippen MR) is 73.3 cm³/mol. The van der Waals surface area contributed by atoms with Crippen LogP contribution in [-0.4, -0.2) is 25.9 Å². The minimum atomic E-state index is -4.43. The smallest absolute Gasteiger partial charge is 0.419 e. The Morgan fingerprint density at radius 2 is 2.05 bits per heavy atom. The summed E-state index contributed by atoms with van der Waals surface area (Å²) in [6.07, 6.45) is -2.49. The van der Waals surface area contributed by atoms with E-state index in [4.69, 9.17) is 9.47 Å². The number of alkyl halides is 3. The van der Waals surface area contributed by atoms with Gasteiger partial charge in [-0.3, -0.25) is 0 Å². The predicted octanol–water partition coefficient (Wildman–Crippen LogP) is 3.37. The Bertz CT molecular complexity index is 472. The third-order valence-electron chi connectivity index (χ3n) is 3.40. The Kier molecular flexibility index (Phi) is 5.11. The second kappa shape index (κ2) is 6.66. The van der Waals surface area contributed by atoms with Crippen LogP contribution < -0.4 is 10.1 Å². The summed E-state index contributed by atoms with van der Waals surface area (Å²) in [6.45, 7) is 2.27. The average Bonchev–Trinajstić information content (AvgIpc) is 3.26. The minimum Gasteiger partial charge on any atom is -0.490 e. The van der Waals surface area contributed by atoms with Crippen LogP contribution in [0.3, 0.4) is 0 Å². The molecule has 3 nitrogen and oxygen atoms in total. The van der Waals surface area contributed by atoms with E-state index in [2.05, 4.69) is 5.32 Å². The van der Waals surface area contributed by atoms with E-state index in [0.29, 0.717) is 18.2 Å². The zero-order valence-electron chi connectivity index (χ0n) is 12.2. The third kappa shape index (κ3) is 4.89. The molecule has 0 aliphatic heterocycles. The van der Waals surface area contributed by atoms with Crippen LogP contribution in [0.25, 0.3) is 0 Å². The second-order valence-corrected chi connectivity index (χ2v) is 5.34. The van der Waals surface area contributed by atoms with Gasteiger partial charge in [0.2, 0.25) is 0 Å². The van der Waals surface area contributed by atoms with Crippen LogP contribution in [0.4, 0.5) is 13.2 Å². The normalized spacial score (nSPS) is 16.8. The van der Waals surface area contributed by atoms with Crippen molar-refractivity contribution in [1.29, 1.82) is 0 Å². The summed E-state index contributed by atoms with van der Waals surface area (Å²) < 4.78 is 49.6. The molecule has 1 unspecified atom stereocenters. The Morgan fingerprint density at radius 1 is 1.33 bits per heavy atom. The number of nitrogens with one attached hydrogen (secondary N) is 1. The van der Waals surface area contributed by atoms with Gasteiger partial charge in [0.1, 0.15) is 12.4 Å². The third-order valence-corrected chi connectivity index (χ3v) is 3.40. The first-order valence-corrected chi connectivity index (χ1v) is 6.99. The number of benzene rings is 1. The van der Waals surface area contributed by atoms with Crippen LogP contribution in [0.5, 0.6) is 5.75 Å². The zero-order chi connectivity index (χ0) is 15.5. The van der Waals surface area contributed by atoms with Gasteiger partial charge in [-0.1, -0.05) is 6.07 Å². The second-order valence-electron chi connectivity index (χ2n) is 5.34. The lowest BCUT2D eigenvalue weighted by Crippen LogP contribution is -2.19.